The molecule has 0 aliphatic rings. The van der Waals surface area contributed by atoms with Crippen molar-refractivity contribution in [1.82, 2.24) is 10.2 Å². The fourth-order valence-electron chi connectivity index (χ4n) is 2.27. The van der Waals surface area contributed by atoms with Crippen LogP contribution in [-0.2, 0) is 11.3 Å². The molecule has 1 aromatic carbocycles. The van der Waals surface area contributed by atoms with Crippen LogP contribution in [0.15, 0.2) is 30.3 Å². The average Bonchev–Trinajstić information content (AvgIpc) is 2.43. The van der Waals surface area contributed by atoms with Gasteiger partial charge in [0.25, 0.3) is 0 Å². The minimum atomic E-state index is 0.0713. The maximum absolute atomic E-state index is 11.9. The van der Waals surface area contributed by atoms with Crippen molar-refractivity contribution >= 4 is 5.91 Å². The number of benzene rings is 1. The van der Waals surface area contributed by atoms with E-state index in [1.165, 1.54) is 5.56 Å². The van der Waals surface area contributed by atoms with E-state index in [-0.39, 0.29) is 18.0 Å². The summed E-state index contributed by atoms with van der Waals surface area (Å²) in [6.45, 7) is 8.24. The smallest absolute Gasteiger partial charge is 0.221 e. The highest BCUT2D eigenvalue weighted by atomic mass is 16.1. The number of nitrogens with one attached hydrogen (secondary N) is 1. The highest BCUT2D eigenvalue weighted by Crippen LogP contribution is 2.10. The third-order valence-electron chi connectivity index (χ3n) is 3.29. The minimum absolute atomic E-state index is 0.0713. The van der Waals surface area contributed by atoms with Crippen molar-refractivity contribution in [3.05, 3.63) is 35.9 Å². The summed E-state index contributed by atoms with van der Waals surface area (Å²) in [5.41, 5.74) is 7.11. The molecule has 0 aliphatic carbocycles. The van der Waals surface area contributed by atoms with Gasteiger partial charge in [0.15, 0.2) is 0 Å². The molecule has 1 aromatic rings. The van der Waals surface area contributed by atoms with Crippen LogP contribution in [0.25, 0.3) is 0 Å². The third-order valence-corrected chi connectivity index (χ3v) is 3.29. The zero-order chi connectivity index (χ0) is 15.0. The Labute approximate surface area is 122 Å². The predicted molar refractivity (Wildman–Crippen MR) is 83.3 cm³/mol. The van der Waals surface area contributed by atoms with Gasteiger partial charge in [0.2, 0.25) is 5.91 Å². The molecule has 4 heteroatoms. The van der Waals surface area contributed by atoms with Gasteiger partial charge < -0.3 is 11.1 Å². The number of nitrogens with zero attached hydrogens (tertiary/aromatic N) is 1. The van der Waals surface area contributed by atoms with E-state index in [0.717, 1.165) is 13.1 Å². The first-order valence-corrected chi connectivity index (χ1v) is 7.34. The van der Waals surface area contributed by atoms with Crippen molar-refractivity contribution < 1.29 is 4.79 Å². The molecular formula is C16H27N3O. The van der Waals surface area contributed by atoms with Crippen LogP contribution in [0.5, 0.6) is 0 Å². The highest BCUT2D eigenvalue weighted by molar-refractivity contribution is 5.76. The van der Waals surface area contributed by atoms with Gasteiger partial charge in [-0.25, -0.2) is 0 Å². The van der Waals surface area contributed by atoms with Crippen LogP contribution in [0.4, 0.5) is 0 Å². The molecule has 0 spiro atoms. The minimum Gasteiger partial charge on any atom is -0.354 e. The molecule has 1 unspecified atom stereocenters. The van der Waals surface area contributed by atoms with Crippen LogP contribution < -0.4 is 11.1 Å². The molecular weight excluding hydrogens is 250 g/mol. The second kappa shape index (κ2) is 8.72. The molecule has 0 bridgehead atoms. The van der Waals surface area contributed by atoms with Crippen molar-refractivity contribution in [2.75, 3.05) is 13.1 Å². The van der Waals surface area contributed by atoms with Gasteiger partial charge in [0.05, 0.1) is 0 Å². The lowest BCUT2D eigenvalue weighted by atomic mass is 10.1. The second-order valence-corrected chi connectivity index (χ2v) is 5.36. The van der Waals surface area contributed by atoms with E-state index < -0.39 is 0 Å². The van der Waals surface area contributed by atoms with Crippen molar-refractivity contribution in [2.45, 2.75) is 45.8 Å². The fraction of sp³-hybridized carbons (Fsp3) is 0.562. The Morgan fingerprint density at radius 1 is 1.30 bits per heavy atom. The van der Waals surface area contributed by atoms with Crippen LogP contribution in [0, 0.1) is 0 Å². The van der Waals surface area contributed by atoms with Crippen molar-refractivity contribution in [3.8, 4) is 0 Å². The number of likely N-dealkylation sites (N-methyl/N-ethyl adjacent to an activating group) is 1. The fourth-order valence-corrected chi connectivity index (χ4v) is 2.27. The number of hydrogen-bond acceptors (Lipinski definition) is 3. The topological polar surface area (TPSA) is 58.4 Å². The molecule has 1 rings (SSSR count). The van der Waals surface area contributed by atoms with E-state index in [4.69, 9.17) is 5.73 Å². The summed E-state index contributed by atoms with van der Waals surface area (Å²) in [4.78, 5) is 14.2. The average molecular weight is 277 g/mol. The van der Waals surface area contributed by atoms with Crippen LogP contribution >= 0.6 is 0 Å². The lowest BCUT2D eigenvalue weighted by Crippen LogP contribution is -2.44. The Balaban J connectivity index is 2.62. The first-order chi connectivity index (χ1) is 9.56. The Hall–Kier alpha value is -1.39. The van der Waals surface area contributed by atoms with Crippen LogP contribution in [0.2, 0.25) is 0 Å². The molecule has 0 aromatic heterocycles. The summed E-state index contributed by atoms with van der Waals surface area (Å²) in [6.07, 6.45) is 0.454. The van der Waals surface area contributed by atoms with Gasteiger partial charge in [-0.3, -0.25) is 9.69 Å². The van der Waals surface area contributed by atoms with Crippen molar-refractivity contribution in [1.29, 1.82) is 0 Å². The number of rotatable bonds is 8. The zero-order valence-electron chi connectivity index (χ0n) is 12.8. The monoisotopic (exact) mass is 277 g/mol. The zero-order valence-corrected chi connectivity index (χ0v) is 12.8. The van der Waals surface area contributed by atoms with E-state index in [1.807, 2.05) is 32.0 Å². The second-order valence-electron chi connectivity index (χ2n) is 5.36. The van der Waals surface area contributed by atoms with Gasteiger partial charge in [0.1, 0.15) is 0 Å². The van der Waals surface area contributed by atoms with Crippen LogP contribution in [-0.4, -0.2) is 36.0 Å². The number of carbonyl (C=O) groups is 1. The SMILES string of the molecule is CCN(Cc1ccccc1)C(CN)CC(=O)NC(C)C. The van der Waals surface area contributed by atoms with Gasteiger partial charge >= 0.3 is 0 Å². The maximum atomic E-state index is 11.9. The molecule has 112 valence electrons. The summed E-state index contributed by atoms with van der Waals surface area (Å²) in [5, 5.41) is 2.93. The van der Waals surface area contributed by atoms with Crippen molar-refractivity contribution in [2.24, 2.45) is 5.73 Å². The highest BCUT2D eigenvalue weighted by Gasteiger charge is 2.19. The van der Waals surface area contributed by atoms with E-state index >= 15 is 0 Å². The number of hydrogen-bond donors (Lipinski definition) is 2. The summed E-state index contributed by atoms with van der Waals surface area (Å²) in [6, 6.07) is 10.5. The molecule has 1 atom stereocenters. The number of amides is 1. The first kappa shape index (κ1) is 16.7. The largest absolute Gasteiger partial charge is 0.354 e. The predicted octanol–water partition coefficient (Wildman–Crippen LogP) is 1.75. The van der Waals surface area contributed by atoms with Gasteiger partial charge in [-0.15, -0.1) is 0 Å². The van der Waals surface area contributed by atoms with Crippen LogP contribution in [0.3, 0.4) is 0 Å². The van der Waals surface area contributed by atoms with Crippen LogP contribution in [0.1, 0.15) is 32.8 Å². The van der Waals surface area contributed by atoms with E-state index in [0.29, 0.717) is 13.0 Å². The summed E-state index contributed by atoms with van der Waals surface area (Å²) >= 11 is 0. The third kappa shape index (κ3) is 5.72. The van der Waals surface area contributed by atoms with Crippen molar-refractivity contribution in [3.63, 3.8) is 0 Å². The molecule has 0 saturated carbocycles. The molecule has 0 aliphatic heterocycles. The number of carbonyl (C=O) groups excluding carboxylic acids is 1. The standard InChI is InChI=1S/C16H27N3O/c1-4-19(12-14-8-6-5-7-9-14)15(11-17)10-16(20)18-13(2)3/h5-9,13,15H,4,10-12,17H2,1-3H3,(H,18,20). The van der Waals surface area contributed by atoms with Gasteiger partial charge in [-0.1, -0.05) is 37.3 Å². The molecule has 0 fully saturated rings. The lowest BCUT2D eigenvalue weighted by molar-refractivity contribution is -0.122. The van der Waals surface area contributed by atoms with E-state index in [2.05, 4.69) is 29.3 Å². The summed E-state index contributed by atoms with van der Waals surface area (Å²) < 4.78 is 0. The molecule has 0 saturated heterocycles. The Morgan fingerprint density at radius 2 is 1.95 bits per heavy atom. The molecule has 1 amide bonds. The molecule has 0 heterocycles. The maximum Gasteiger partial charge on any atom is 0.221 e. The van der Waals surface area contributed by atoms with Gasteiger partial charge in [-0.05, 0) is 26.0 Å². The normalized spacial score (nSPS) is 12.7. The molecule has 0 radical (unpaired) electrons. The number of nitrogens with two attached hydrogens (primary N) is 1. The van der Waals surface area contributed by atoms with Gasteiger partial charge in [-0.2, -0.15) is 0 Å². The first-order valence-electron chi connectivity index (χ1n) is 7.34. The van der Waals surface area contributed by atoms with E-state index in [9.17, 15) is 4.79 Å². The molecule has 20 heavy (non-hydrogen) atoms. The quantitative estimate of drug-likeness (QED) is 0.761. The van der Waals surface area contributed by atoms with Gasteiger partial charge in [0, 0.05) is 31.6 Å². The summed E-state index contributed by atoms with van der Waals surface area (Å²) in [5.74, 6) is 0.0713. The van der Waals surface area contributed by atoms with E-state index in [1.54, 1.807) is 0 Å². The Bertz CT molecular complexity index is 392. The summed E-state index contributed by atoms with van der Waals surface area (Å²) in [7, 11) is 0. The molecule has 3 N–H and O–H groups in total. The lowest BCUT2D eigenvalue weighted by Gasteiger charge is -2.29. The molecule has 4 nitrogen and oxygen atoms in total. The Morgan fingerprint density at radius 3 is 2.45 bits per heavy atom. The Kier molecular flexibility index (Phi) is 7.26.